The molecule has 6 heteroatoms. The number of benzene rings is 2. The Morgan fingerprint density at radius 1 is 1.13 bits per heavy atom. The highest BCUT2D eigenvalue weighted by Crippen LogP contribution is 2.17. The van der Waals surface area contributed by atoms with E-state index in [0.717, 1.165) is 18.7 Å². The molecule has 0 bridgehead atoms. The fourth-order valence-electron chi connectivity index (χ4n) is 2.25. The smallest absolute Gasteiger partial charge is 0.282 e. The molecule has 0 spiro atoms. The van der Waals surface area contributed by atoms with Crippen molar-refractivity contribution < 1.29 is 9.72 Å². The van der Waals surface area contributed by atoms with E-state index in [9.17, 15) is 14.9 Å². The van der Waals surface area contributed by atoms with Crippen LogP contribution >= 0.6 is 0 Å². The van der Waals surface area contributed by atoms with Crippen molar-refractivity contribution in [3.05, 3.63) is 70.3 Å². The topological polar surface area (TPSA) is 75.5 Å². The molecular weight excluding hydrogens is 294 g/mol. The highest BCUT2D eigenvalue weighted by Gasteiger charge is 2.18. The van der Waals surface area contributed by atoms with Crippen molar-refractivity contribution in [1.82, 2.24) is 5.32 Å². The summed E-state index contributed by atoms with van der Waals surface area (Å²) >= 11 is 0. The lowest BCUT2D eigenvalue weighted by Gasteiger charge is -2.19. The Kier molecular flexibility index (Phi) is 5.68. The number of carbonyl (C=O) groups excluding carboxylic acids is 1. The van der Waals surface area contributed by atoms with Crippen molar-refractivity contribution in [2.75, 3.05) is 25.0 Å². The average Bonchev–Trinajstić information content (AvgIpc) is 2.59. The monoisotopic (exact) mass is 313 g/mol. The molecule has 0 aliphatic carbocycles. The fraction of sp³-hybridized carbons (Fsp3) is 0.235. The van der Waals surface area contributed by atoms with Gasteiger partial charge < -0.3 is 10.2 Å². The maximum Gasteiger partial charge on any atom is 0.282 e. The van der Waals surface area contributed by atoms with E-state index in [1.165, 1.54) is 12.1 Å². The summed E-state index contributed by atoms with van der Waals surface area (Å²) in [6, 6.07) is 15.9. The molecular formula is C17H19N3O3. The Morgan fingerprint density at radius 2 is 1.78 bits per heavy atom. The lowest BCUT2D eigenvalue weighted by Crippen LogP contribution is -2.28. The first-order valence-corrected chi connectivity index (χ1v) is 7.37. The molecule has 0 fully saturated rings. The van der Waals surface area contributed by atoms with Gasteiger partial charge in [0.15, 0.2) is 0 Å². The minimum atomic E-state index is -0.544. The third-order valence-corrected chi connectivity index (χ3v) is 3.50. The molecule has 0 saturated heterocycles. The number of anilines is 1. The number of carbonyl (C=O) groups is 1. The predicted molar refractivity (Wildman–Crippen MR) is 89.8 cm³/mol. The molecule has 0 atom stereocenters. The summed E-state index contributed by atoms with van der Waals surface area (Å²) in [5.74, 6) is -0.417. The van der Waals surface area contributed by atoms with Crippen molar-refractivity contribution in [3.8, 4) is 0 Å². The second-order valence-electron chi connectivity index (χ2n) is 5.14. The summed E-state index contributed by atoms with van der Waals surface area (Å²) < 4.78 is 0. The van der Waals surface area contributed by atoms with Crippen LogP contribution in [0.25, 0.3) is 0 Å². The summed E-state index contributed by atoms with van der Waals surface area (Å²) in [7, 11) is 1.99. The zero-order valence-electron chi connectivity index (χ0n) is 12.9. The van der Waals surface area contributed by atoms with Crippen LogP contribution in [0.2, 0.25) is 0 Å². The van der Waals surface area contributed by atoms with Gasteiger partial charge in [0.1, 0.15) is 5.56 Å². The molecule has 0 aliphatic rings. The van der Waals surface area contributed by atoms with Crippen molar-refractivity contribution >= 4 is 17.3 Å². The van der Waals surface area contributed by atoms with E-state index >= 15 is 0 Å². The van der Waals surface area contributed by atoms with Gasteiger partial charge in [-0.05, 0) is 24.6 Å². The van der Waals surface area contributed by atoms with Gasteiger partial charge in [0.2, 0.25) is 0 Å². The van der Waals surface area contributed by atoms with Crippen molar-refractivity contribution in [2.45, 2.75) is 6.42 Å². The molecule has 2 aromatic rings. The molecule has 0 aliphatic heterocycles. The molecule has 23 heavy (non-hydrogen) atoms. The fourth-order valence-corrected chi connectivity index (χ4v) is 2.25. The van der Waals surface area contributed by atoms with Crippen molar-refractivity contribution in [3.63, 3.8) is 0 Å². The number of hydrogen-bond acceptors (Lipinski definition) is 4. The number of amides is 1. The second-order valence-corrected chi connectivity index (χ2v) is 5.14. The molecule has 0 saturated carbocycles. The quantitative estimate of drug-likeness (QED) is 0.484. The minimum Gasteiger partial charge on any atom is -0.375 e. The van der Waals surface area contributed by atoms with Crippen molar-refractivity contribution in [1.29, 1.82) is 0 Å². The van der Waals surface area contributed by atoms with Crippen LogP contribution < -0.4 is 10.2 Å². The summed E-state index contributed by atoms with van der Waals surface area (Å²) in [4.78, 5) is 24.5. The maximum absolute atomic E-state index is 12.1. The van der Waals surface area contributed by atoms with Gasteiger partial charge in [0.05, 0.1) is 4.92 Å². The third kappa shape index (κ3) is 4.54. The molecule has 120 valence electrons. The summed E-state index contributed by atoms with van der Waals surface area (Å²) in [5.41, 5.74) is 1.03. The lowest BCUT2D eigenvalue weighted by molar-refractivity contribution is -0.385. The molecule has 2 rings (SSSR count). The standard InChI is InChI=1S/C17H19N3O3/c1-19(14-8-3-2-4-9-14)13-7-12-18-17(21)15-10-5-6-11-16(15)20(22)23/h2-6,8-11H,7,12-13H2,1H3,(H,18,21). The zero-order chi connectivity index (χ0) is 16.7. The number of nitrogens with one attached hydrogen (secondary N) is 1. The van der Waals surface area contributed by atoms with Crippen LogP contribution in [0.4, 0.5) is 11.4 Å². The molecule has 0 unspecified atom stereocenters. The Bertz CT molecular complexity index is 674. The lowest BCUT2D eigenvalue weighted by atomic mass is 10.1. The van der Waals surface area contributed by atoms with E-state index in [2.05, 4.69) is 10.2 Å². The van der Waals surface area contributed by atoms with E-state index in [-0.39, 0.29) is 11.3 Å². The predicted octanol–water partition coefficient (Wildman–Crippen LogP) is 2.85. The molecule has 0 heterocycles. The molecule has 0 radical (unpaired) electrons. The summed E-state index contributed by atoms with van der Waals surface area (Å²) in [6.07, 6.45) is 0.748. The largest absolute Gasteiger partial charge is 0.375 e. The molecule has 1 N–H and O–H groups in total. The number of para-hydroxylation sites is 2. The molecule has 2 aromatic carbocycles. The van der Waals surface area contributed by atoms with Crippen LogP contribution in [0, 0.1) is 10.1 Å². The van der Waals surface area contributed by atoms with Gasteiger partial charge in [-0.3, -0.25) is 14.9 Å². The van der Waals surface area contributed by atoms with Crippen LogP contribution in [0.3, 0.4) is 0 Å². The van der Waals surface area contributed by atoms with Crippen LogP contribution in [0.1, 0.15) is 16.8 Å². The SMILES string of the molecule is CN(CCCNC(=O)c1ccccc1[N+](=O)[O-])c1ccccc1. The van der Waals surface area contributed by atoms with Crippen molar-refractivity contribution in [2.24, 2.45) is 0 Å². The minimum absolute atomic E-state index is 0.0916. The summed E-state index contributed by atoms with van der Waals surface area (Å²) in [5, 5.41) is 13.7. The number of hydrogen-bond donors (Lipinski definition) is 1. The van der Waals surface area contributed by atoms with Gasteiger partial charge >= 0.3 is 0 Å². The van der Waals surface area contributed by atoms with Gasteiger partial charge in [-0.25, -0.2) is 0 Å². The van der Waals surface area contributed by atoms with Gasteiger partial charge in [-0.2, -0.15) is 0 Å². The van der Waals surface area contributed by atoms with E-state index in [0.29, 0.717) is 6.54 Å². The Hall–Kier alpha value is -2.89. The Morgan fingerprint density at radius 3 is 2.48 bits per heavy atom. The first-order chi connectivity index (χ1) is 11.1. The van der Waals surface area contributed by atoms with Crippen LogP contribution in [-0.4, -0.2) is 31.0 Å². The highest BCUT2D eigenvalue weighted by atomic mass is 16.6. The maximum atomic E-state index is 12.1. The van der Waals surface area contributed by atoms with E-state index in [1.807, 2.05) is 37.4 Å². The van der Waals surface area contributed by atoms with Gasteiger partial charge in [-0.15, -0.1) is 0 Å². The Labute approximate surface area is 134 Å². The number of nitro groups is 1. The van der Waals surface area contributed by atoms with E-state index in [4.69, 9.17) is 0 Å². The van der Waals surface area contributed by atoms with Gasteiger partial charge in [0.25, 0.3) is 11.6 Å². The molecule has 0 aromatic heterocycles. The van der Waals surface area contributed by atoms with Crippen LogP contribution in [0.5, 0.6) is 0 Å². The van der Waals surface area contributed by atoms with Gasteiger partial charge in [0, 0.05) is 31.9 Å². The molecule has 1 amide bonds. The normalized spacial score (nSPS) is 10.1. The molecule has 6 nitrogen and oxygen atoms in total. The second kappa shape index (κ2) is 7.93. The first-order valence-electron chi connectivity index (χ1n) is 7.37. The highest BCUT2D eigenvalue weighted by molar-refractivity contribution is 5.98. The summed E-state index contributed by atoms with van der Waals surface area (Å²) in [6.45, 7) is 1.24. The van der Waals surface area contributed by atoms with Gasteiger partial charge in [-0.1, -0.05) is 30.3 Å². The van der Waals surface area contributed by atoms with E-state index in [1.54, 1.807) is 12.1 Å². The number of nitro benzene ring substituents is 1. The third-order valence-electron chi connectivity index (χ3n) is 3.50. The van der Waals surface area contributed by atoms with Crippen LogP contribution in [-0.2, 0) is 0 Å². The average molecular weight is 313 g/mol. The Balaban J connectivity index is 1.83. The number of rotatable bonds is 7. The zero-order valence-corrected chi connectivity index (χ0v) is 12.9. The van der Waals surface area contributed by atoms with E-state index < -0.39 is 10.8 Å². The first kappa shape index (κ1) is 16.5. The van der Waals surface area contributed by atoms with Crippen LogP contribution in [0.15, 0.2) is 54.6 Å². The number of nitrogens with zero attached hydrogens (tertiary/aromatic N) is 2.